The van der Waals surface area contributed by atoms with Crippen molar-refractivity contribution in [2.75, 3.05) is 13.1 Å². The van der Waals surface area contributed by atoms with Crippen molar-refractivity contribution < 1.29 is 4.42 Å². The molecule has 0 amide bonds. The molecule has 0 aliphatic carbocycles. The van der Waals surface area contributed by atoms with Crippen LogP contribution in [0.3, 0.4) is 0 Å². The van der Waals surface area contributed by atoms with Crippen LogP contribution >= 0.6 is 0 Å². The first kappa shape index (κ1) is 11.3. The topological polar surface area (TPSA) is 51.2 Å². The van der Waals surface area contributed by atoms with Gasteiger partial charge in [-0.25, -0.2) is 0 Å². The Bertz CT molecular complexity index is 236. The molecule has 3 nitrogen and oxygen atoms in total. The predicted molar refractivity (Wildman–Crippen MR) is 58.2 cm³/mol. The van der Waals surface area contributed by atoms with Gasteiger partial charge >= 0.3 is 0 Å². The van der Waals surface area contributed by atoms with Gasteiger partial charge in [0, 0.05) is 18.5 Å². The maximum Gasteiger partial charge on any atom is 0.105 e. The molecule has 0 atom stereocenters. The zero-order chi connectivity index (χ0) is 10.4. The van der Waals surface area contributed by atoms with Crippen molar-refractivity contribution in [3.63, 3.8) is 0 Å². The van der Waals surface area contributed by atoms with E-state index in [1.165, 1.54) is 0 Å². The van der Waals surface area contributed by atoms with Gasteiger partial charge in [0.05, 0.1) is 6.26 Å². The summed E-state index contributed by atoms with van der Waals surface area (Å²) in [6, 6.07) is 3.91. The average molecular weight is 196 g/mol. The Morgan fingerprint density at radius 2 is 2.21 bits per heavy atom. The molecule has 0 saturated heterocycles. The lowest BCUT2D eigenvalue weighted by atomic mass is 10.0. The van der Waals surface area contributed by atoms with Crippen molar-refractivity contribution >= 4 is 0 Å². The fourth-order valence-electron chi connectivity index (χ4n) is 1.20. The van der Waals surface area contributed by atoms with Crippen molar-refractivity contribution in [2.24, 2.45) is 5.73 Å². The van der Waals surface area contributed by atoms with E-state index in [0.29, 0.717) is 0 Å². The zero-order valence-electron chi connectivity index (χ0n) is 9.05. The minimum atomic E-state index is -0.0717. The highest BCUT2D eigenvalue weighted by Gasteiger charge is 2.08. The molecule has 0 saturated carbocycles. The third kappa shape index (κ3) is 5.04. The summed E-state index contributed by atoms with van der Waals surface area (Å²) in [6.07, 6.45) is 3.64. The Hall–Kier alpha value is -0.800. The summed E-state index contributed by atoms with van der Waals surface area (Å²) in [6.45, 7) is 6.00. The van der Waals surface area contributed by atoms with Crippen LogP contribution in [0, 0.1) is 0 Å². The highest BCUT2D eigenvalue weighted by Crippen LogP contribution is 2.02. The van der Waals surface area contributed by atoms with Crippen molar-refractivity contribution in [1.82, 2.24) is 5.32 Å². The molecule has 0 unspecified atom stereocenters. The Morgan fingerprint density at radius 1 is 1.43 bits per heavy atom. The molecule has 1 heterocycles. The summed E-state index contributed by atoms with van der Waals surface area (Å²) < 4.78 is 5.22. The molecule has 0 radical (unpaired) electrons. The SMILES string of the molecule is CC(C)(N)CCNCCc1ccco1. The summed E-state index contributed by atoms with van der Waals surface area (Å²) in [5.74, 6) is 1.03. The Morgan fingerprint density at radius 3 is 2.79 bits per heavy atom. The molecule has 3 N–H and O–H groups in total. The molecule has 0 fully saturated rings. The number of furan rings is 1. The number of nitrogens with two attached hydrogens (primary N) is 1. The molecule has 1 aromatic rings. The summed E-state index contributed by atoms with van der Waals surface area (Å²) in [7, 11) is 0. The van der Waals surface area contributed by atoms with Crippen LogP contribution in [0.25, 0.3) is 0 Å². The van der Waals surface area contributed by atoms with E-state index in [4.69, 9.17) is 10.2 Å². The van der Waals surface area contributed by atoms with Gasteiger partial charge in [-0.15, -0.1) is 0 Å². The number of hydrogen-bond donors (Lipinski definition) is 2. The summed E-state index contributed by atoms with van der Waals surface area (Å²) in [5.41, 5.74) is 5.78. The first-order valence-electron chi connectivity index (χ1n) is 5.10. The molecule has 0 bridgehead atoms. The molecule has 0 aromatic carbocycles. The average Bonchev–Trinajstić information content (AvgIpc) is 2.54. The number of nitrogens with one attached hydrogen (secondary N) is 1. The minimum Gasteiger partial charge on any atom is -0.469 e. The van der Waals surface area contributed by atoms with Crippen LogP contribution in [0.4, 0.5) is 0 Å². The van der Waals surface area contributed by atoms with Crippen LogP contribution in [-0.2, 0) is 6.42 Å². The first-order chi connectivity index (χ1) is 6.58. The van der Waals surface area contributed by atoms with Gasteiger partial charge in [-0.2, -0.15) is 0 Å². The van der Waals surface area contributed by atoms with E-state index >= 15 is 0 Å². The zero-order valence-corrected chi connectivity index (χ0v) is 9.05. The molecular weight excluding hydrogens is 176 g/mol. The van der Waals surface area contributed by atoms with E-state index < -0.39 is 0 Å². The van der Waals surface area contributed by atoms with E-state index in [1.54, 1.807) is 6.26 Å². The molecule has 0 aliphatic heterocycles. The van der Waals surface area contributed by atoms with Gasteiger partial charge in [-0.1, -0.05) is 0 Å². The van der Waals surface area contributed by atoms with Gasteiger partial charge in [0.1, 0.15) is 5.76 Å². The van der Waals surface area contributed by atoms with Gasteiger partial charge in [-0.05, 0) is 38.9 Å². The van der Waals surface area contributed by atoms with Crippen LogP contribution < -0.4 is 11.1 Å². The summed E-state index contributed by atoms with van der Waals surface area (Å²) in [5, 5.41) is 3.34. The van der Waals surface area contributed by atoms with Crippen LogP contribution in [0.5, 0.6) is 0 Å². The predicted octanol–water partition coefficient (Wildman–Crippen LogP) is 1.54. The Balaban J connectivity index is 2.00. The van der Waals surface area contributed by atoms with Crippen molar-refractivity contribution in [2.45, 2.75) is 32.2 Å². The largest absolute Gasteiger partial charge is 0.469 e. The van der Waals surface area contributed by atoms with Crippen molar-refractivity contribution in [1.29, 1.82) is 0 Å². The van der Waals surface area contributed by atoms with Crippen LogP contribution in [0.1, 0.15) is 26.0 Å². The molecule has 1 aromatic heterocycles. The normalized spacial score (nSPS) is 11.9. The van der Waals surface area contributed by atoms with Crippen LogP contribution in [-0.4, -0.2) is 18.6 Å². The first-order valence-corrected chi connectivity index (χ1v) is 5.10. The summed E-state index contributed by atoms with van der Waals surface area (Å²) in [4.78, 5) is 0. The number of hydrogen-bond acceptors (Lipinski definition) is 3. The molecule has 80 valence electrons. The maximum atomic E-state index is 5.85. The van der Waals surface area contributed by atoms with Gasteiger partial charge < -0.3 is 15.5 Å². The van der Waals surface area contributed by atoms with E-state index in [9.17, 15) is 0 Å². The Kier molecular flexibility index (Phi) is 4.17. The second kappa shape index (κ2) is 5.17. The third-order valence-corrected chi connectivity index (χ3v) is 2.07. The van der Waals surface area contributed by atoms with E-state index in [2.05, 4.69) is 5.32 Å². The van der Waals surface area contributed by atoms with Crippen molar-refractivity contribution in [3.8, 4) is 0 Å². The van der Waals surface area contributed by atoms with Gasteiger partial charge in [0.2, 0.25) is 0 Å². The van der Waals surface area contributed by atoms with Gasteiger partial charge in [0.15, 0.2) is 0 Å². The second-order valence-electron chi connectivity index (χ2n) is 4.32. The van der Waals surface area contributed by atoms with Crippen LogP contribution in [0.15, 0.2) is 22.8 Å². The molecule has 0 spiro atoms. The smallest absolute Gasteiger partial charge is 0.105 e. The Labute approximate surface area is 85.7 Å². The highest BCUT2D eigenvalue weighted by molar-refractivity contribution is 4.98. The molecule has 14 heavy (non-hydrogen) atoms. The van der Waals surface area contributed by atoms with Crippen molar-refractivity contribution in [3.05, 3.63) is 24.2 Å². The minimum absolute atomic E-state index is 0.0717. The fraction of sp³-hybridized carbons (Fsp3) is 0.636. The maximum absolute atomic E-state index is 5.85. The standard InChI is InChI=1S/C11H20N2O/c1-11(2,12)6-8-13-7-5-10-4-3-9-14-10/h3-4,9,13H,5-8,12H2,1-2H3. The highest BCUT2D eigenvalue weighted by atomic mass is 16.3. The number of rotatable bonds is 6. The fourth-order valence-corrected chi connectivity index (χ4v) is 1.20. The van der Waals surface area contributed by atoms with E-state index in [-0.39, 0.29) is 5.54 Å². The third-order valence-electron chi connectivity index (χ3n) is 2.07. The lowest BCUT2D eigenvalue weighted by molar-refractivity contribution is 0.448. The van der Waals surface area contributed by atoms with Crippen LogP contribution in [0.2, 0.25) is 0 Å². The molecule has 0 aliphatic rings. The lowest BCUT2D eigenvalue weighted by Crippen LogP contribution is -2.36. The van der Waals surface area contributed by atoms with Gasteiger partial charge in [-0.3, -0.25) is 0 Å². The van der Waals surface area contributed by atoms with Gasteiger partial charge in [0.25, 0.3) is 0 Å². The van der Waals surface area contributed by atoms with E-state index in [1.807, 2.05) is 26.0 Å². The monoisotopic (exact) mass is 196 g/mol. The quantitative estimate of drug-likeness (QED) is 0.678. The lowest BCUT2D eigenvalue weighted by Gasteiger charge is -2.18. The summed E-state index contributed by atoms with van der Waals surface area (Å²) >= 11 is 0. The molecule has 1 rings (SSSR count). The molecular formula is C11H20N2O. The van der Waals surface area contributed by atoms with E-state index in [0.717, 1.165) is 31.7 Å². The second-order valence-corrected chi connectivity index (χ2v) is 4.32. The molecule has 3 heteroatoms.